The van der Waals surface area contributed by atoms with Crippen LogP contribution in [0.25, 0.3) is 22.3 Å². The van der Waals surface area contributed by atoms with Gasteiger partial charge in [-0.3, -0.25) is 14.2 Å². The van der Waals surface area contributed by atoms with Crippen molar-refractivity contribution in [2.75, 3.05) is 0 Å². The van der Waals surface area contributed by atoms with Gasteiger partial charge in [-0.2, -0.15) is 20.4 Å². The molecule has 0 bridgehead atoms. The molecule has 1 amide bonds. The molecule has 23 heteroatoms. The van der Waals surface area contributed by atoms with Gasteiger partial charge in [-0.25, -0.2) is 42.5 Å². The highest BCUT2D eigenvalue weighted by Crippen LogP contribution is 2.39. The summed E-state index contributed by atoms with van der Waals surface area (Å²) in [5.41, 5.74) is 13.2. The molecule has 2 saturated carbocycles. The number of aromatic nitrogens is 14. The second-order valence-corrected chi connectivity index (χ2v) is 17.7. The lowest BCUT2D eigenvalue weighted by molar-refractivity contribution is 0.0696. The highest BCUT2D eigenvalue weighted by Gasteiger charge is 2.26. The van der Waals surface area contributed by atoms with E-state index in [1.165, 1.54) is 50.6 Å². The number of carboxylic acids is 1. The number of rotatable bonds is 11. The molecule has 0 unspecified atom stereocenters. The van der Waals surface area contributed by atoms with Crippen LogP contribution in [0.2, 0.25) is 0 Å². The first-order chi connectivity index (χ1) is 32.5. The Morgan fingerprint density at radius 2 is 1.19 bits per heavy atom. The Kier molecular flexibility index (Phi) is 12.9. The predicted octanol–water partition coefficient (Wildman–Crippen LogP) is 7.21. The minimum absolute atomic E-state index is 0. The van der Waals surface area contributed by atoms with Gasteiger partial charge in [0.15, 0.2) is 22.9 Å². The molecule has 2 aliphatic rings. The van der Waals surface area contributed by atoms with E-state index in [-0.39, 0.29) is 37.8 Å². The summed E-state index contributed by atoms with van der Waals surface area (Å²) in [6.07, 6.45) is 21.1. The molecule has 12 rings (SSSR count). The van der Waals surface area contributed by atoms with Gasteiger partial charge in [0.1, 0.15) is 11.0 Å². The van der Waals surface area contributed by atoms with Gasteiger partial charge in [-0.05, 0) is 93.9 Å². The van der Waals surface area contributed by atoms with Crippen molar-refractivity contribution in [2.24, 2.45) is 5.73 Å². The van der Waals surface area contributed by atoms with Crippen LogP contribution in [0.15, 0.2) is 108 Å². The molecule has 68 heavy (non-hydrogen) atoms. The molecule has 19 nitrogen and oxygen atoms in total. The minimum atomic E-state index is -0.980. The number of pyridine rings is 2. The fraction of sp³-hybridized carbons (Fsp3) is 0.244. The molecule has 0 saturated heterocycles. The smallest absolute Gasteiger partial charge is 0.338 e. The van der Waals surface area contributed by atoms with Crippen LogP contribution in [-0.4, -0.2) is 84.5 Å². The van der Waals surface area contributed by atoms with Crippen LogP contribution in [-0.2, 0) is 26.2 Å². The number of carbonyl (C=O) groups is 2. The third-order valence-electron chi connectivity index (χ3n) is 11.1. The van der Waals surface area contributed by atoms with E-state index in [0.717, 1.165) is 34.1 Å². The van der Waals surface area contributed by atoms with Gasteiger partial charge in [-0.15, -0.1) is 0 Å². The van der Waals surface area contributed by atoms with Crippen LogP contribution >= 0.6 is 31.9 Å². The van der Waals surface area contributed by atoms with E-state index in [2.05, 4.69) is 77.5 Å². The number of nitrogens with two attached hydrogens (primary N) is 1. The molecular formula is C45H42Br2F2N16O3. The summed E-state index contributed by atoms with van der Waals surface area (Å²) < 4.78 is 38.7. The standard InChI is InChI=1S/C22H18BrFN8O.C14H13N5O2.C8H7BrFN3.CH4/c23-16-5-6-30-12-26-18(21(30)20(16)24)8-25-22(33)14-7-27-31(9-14)10-15-11-32-19(28-15)4-3-17(29-32)13-1-2-13;20-14(21)10-5-15-18(6-10)7-11-8-19-13(16-11)4-3-12(17-19)9-1-2-9;9-5-1-2-13-4-12-6(3-11)8(13)7(5)10;/h3-7,9,11-13H,1-2,8,10H2,(H,25,33);3-6,8-9H,1-2,7H2,(H,20,21);1-2,4H,3,11H2;1H4. The van der Waals surface area contributed by atoms with E-state index >= 15 is 0 Å². The van der Waals surface area contributed by atoms with E-state index < -0.39 is 11.8 Å². The van der Waals surface area contributed by atoms with E-state index in [0.29, 0.717) is 61.9 Å². The lowest BCUT2D eigenvalue weighted by atomic mass is 10.3. The lowest BCUT2D eigenvalue weighted by Gasteiger charge is -2.04. The van der Waals surface area contributed by atoms with Crippen molar-refractivity contribution < 1.29 is 23.5 Å². The van der Waals surface area contributed by atoms with Gasteiger partial charge >= 0.3 is 5.97 Å². The van der Waals surface area contributed by atoms with E-state index in [1.54, 1.807) is 64.2 Å². The maximum atomic E-state index is 14.4. The summed E-state index contributed by atoms with van der Waals surface area (Å²) in [5, 5.41) is 29.2. The number of nitrogens with zero attached hydrogens (tertiary/aromatic N) is 14. The Morgan fingerprint density at radius 1 is 0.706 bits per heavy atom. The SMILES string of the molecule is C.NCc1ncn2ccc(Br)c(F)c12.O=C(NCc1ncn2ccc(Br)c(F)c12)c1cnn(Cc2cn3nc(C4CC4)ccc3n2)c1.O=C(O)c1cnn(Cc2cn3nc(C4CC4)ccc3n2)c1. The second kappa shape index (κ2) is 19.2. The number of carboxylic acid groups (broad SMARTS) is 1. The molecule has 4 N–H and O–H groups in total. The number of hydrogen-bond donors (Lipinski definition) is 3. The van der Waals surface area contributed by atoms with Crippen LogP contribution < -0.4 is 11.1 Å². The molecule has 10 heterocycles. The topological polar surface area (TPSA) is 223 Å². The van der Waals surface area contributed by atoms with Gasteiger partial charge in [-0.1, -0.05) is 7.43 Å². The Hall–Kier alpha value is -7.24. The van der Waals surface area contributed by atoms with Crippen molar-refractivity contribution in [1.29, 1.82) is 0 Å². The Balaban J connectivity index is 0.000000141. The van der Waals surface area contributed by atoms with Gasteiger partial charge in [0.25, 0.3) is 5.91 Å². The zero-order valence-corrected chi connectivity index (χ0v) is 38.3. The molecule has 10 aromatic heterocycles. The number of carbonyl (C=O) groups excluding carboxylic acids is 1. The summed E-state index contributed by atoms with van der Waals surface area (Å²) in [5.74, 6) is -0.857. The fourth-order valence-electron chi connectivity index (χ4n) is 7.41. The van der Waals surface area contributed by atoms with Crippen molar-refractivity contribution in [1.82, 2.24) is 72.8 Å². The van der Waals surface area contributed by atoms with Gasteiger partial charge in [0, 0.05) is 43.2 Å². The summed E-state index contributed by atoms with van der Waals surface area (Å²) in [4.78, 5) is 40.7. The summed E-state index contributed by atoms with van der Waals surface area (Å²) in [6.45, 7) is 1.18. The average Bonchev–Trinajstić information content (AvgIpc) is 3.90. The van der Waals surface area contributed by atoms with Crippen molar-refractivity contribution in [3.8, 4) is 0 Å². The lowest BCUT2D eigenvalue weighted by Crippen LogP contribution is -2.22. The molecule has 10 aromatic rings. The molecule has 0 spiro atoms. The first kappa shape index (κ1) is 45.9. The van der Waals surface area contributed by atoms with E-state index in [1.807, 2.05) is 36.7 Å². The number of nitrogens with one attached hydrogen (secondary N) is 1. The Labute approximate surface area is 401 Å². The number of fused-ring (bicyclic) bond motifs is 4. The largest absolute Gasteiger partial charge is 0.478 e. The van der Waals surface area contributed by atoms with Gasteiger partial charge < -0.3 is 25.0 Å². The molecule has 2 fully saturated rings. The number of amides is 1. The second-order valence-electron chi connectivity index (χ2n) is 16.0. The molecular weight excluding hydrogens is 1010 g/mol. The summed E-state index contributed by atoms with van der Waals surface area (Å²) >= 11 is 6.29. The quantitative estimate of drug-likeness (QED) is 0.117. The van der Waals surface area contributed by atoms with Crippen LogP contribution in [0, 0.1) is 11.6 Å². The van der Waals surface area contributed by atoms with Gasteiger partial charge in [0.2, 0.25) is 0 Å². The zero-order valence-electron chi connectivity index (χ0n) is 35.2. The summed E-state index contributed by atoms with van der Waals surface area (Å²) in [6, 6.07) is 11.2. The zero-order chi connectivity index (χ0) is 46.3. The van der Waals surface area contributed by atoms with Crippen LogP contribution in [0.3, 0.4) is 0 Å². The van der Waals surface area contributed by atoms with Crippen molar-refractivity contribution >= 4 is 66.1 Å². The first-order valence-corrected chi connectivity index (χ1v) is 22.6. The molecule has 0 aliphatic heterocycles. The fourth-order valence-corrected chi connectivity index (χ4v) is 8.02. The molecule has 2 aliphatic carbocycles. The molecule has 0 aromatic carbocycles. The number of halogens is 4. The maximum Gasteiger partial charge on any atom is 0.338 e. The molecule has 0 atom stereocenters. The van der Waals surface area contributed by atoms with E-state index in [9.17, 15) is 18.4 Å². The van der Waals surface area contributed by atoms with Crippen LogP contribution in [0.4, 0.5) is 8.78 Å². The van der Waals surface area contributed by atoms with Crippen molar-refractivity contribution in [2.45, 2.75) is 71.1 Å². The van der Waals surface area contributed by atoms with Crippen LogP contribution in [0.5, 0.6) is 0 Å². The summed E-state index contributed by atoms with van der Waals surface area (Å²) in [7, 11) is 0. The third kappa shape index (κ3) is 9.76. The minimum Gasteiger partial charge on any atom is -0.478 e. The highest BCUT2D eigenvalue weighted by atomic mass is 79.9. The monoisotopic (exact) mass is 1050 g/mol. The molecule has 348 valence electrons. The highest BCUT2D eigenvalue weighted by molar-refractivity contribution is 9.10. The number of imidazole rings is 4. The Morgan fingerprint density at radius 3 is 1.68 bits per heavy atom. The Bertz CT molecular complexity index is 3470. The van der Waals surface area contributed by atoms with E-state index in [4.69, 9.17) is 10.8 Å². The number of hydrogen-bond acceptors (Lipinski definition) is 11. The third-order valence-corrected chi connectivity index (χ3v) is 12.4. The molecule has 0 radical (unpaired) electrons. The first-order valence-electron chi connectivity index (χ1n) is 21.0. The number of aromatic carboxylic acids is 1. The van der Waals surface area contributed by atoms with Crippen molar-refractivity contribution in [3.05, 3.63) is 164 Å². The maximum absolute atomic E-state index is 14.4. The predicted molar refractivity (Wildman–Crippen MR) is 251 cm³/mol. The van der Waals surface area contributed by atoms with Crippen molar-refractivity contribution in [3.63, 3.8) is 0 Å². The average molecular weight is 1050 g/mol. The normalized spacial score (nSPS) is 13.3. The van der Waals surface area contributed by atoms with Gasteiger partial charge in [0.05, 0.1) is 111 Å². The van der Waals surface area contributed by atoms with Crippen LogP contribution in [0.1, 0.15) is 99.8 Å².